The number of nitrogens with zero attached hydrogens (tertiary/aromatic N) is 1. The van der Waals surface area contributed by atoms with Crippen molar-refractivity contribution in [2.45, 2.75) is 30.8 Å². The molecule has 0 radical (unpaired) electrons. The summed E-state index contributed by atoms with van der Waals surface area (Å²) in [4.78, 5) is 12.6. The topological polar surface area (TPSA) is 75.7 Å². The number of carbonyl (C=O) groups excluding carboxylic acids is 1. The number of hydrogen-bond acceptors (Lipinski definition) is 4. The quantitative estimate of drug-likeness (QED) is 0.743. The summed E-state index contributed by atoms with van der Waals surface area (Å²) in [5.41, 5.74) is 1.16. The number of aryl methyl sites for hydroxylation is 1. The average Bonchev–Trinajstić information content (AvgIpc) is 3.21. The highest BCUT2D eigenvalue weighted by molar-refractivity contribution is 7.92. The minimum Gasteiger partial charge on any atom is -0.376 e. The van der Waals surface area contributed by atoms with E-state index in [-0.39, 0.29) is 17.5 Å². The predicted octanol–water partition coefficient (Wildman–Crippen LogP) is 3.14. The van der Waals surface area contributed by atoms with Crippen LogP contribution in [0, 0.1) is 6.92 Å². The molecule has 0 aliphatic carbocycles. The lowest BCUT2D eigenvalue weighted by atomic mass is 10.2. The number of amides is 1. The molecule has 28 heavy (non-hydrogen) atoms. The van der Waals surface area contributed by atoms with Crippen molar-refractivity contribution in [2.75, 3.05) is 24.0 Å². The van der Waals surface area contributed by atoms with Crippen molar-refractivity contribution in [3.63, 3.8) is 0 Å². The van der Waals surface area contributed by atoms with Gasteiger partial charge in [0.2, 0.25) is 5.91 Å². The molecule has 1 amide bonds. The molecule has 1 aliphatic rings. The molecule has 1 heterocycles. The summed E-state index contributed by atoms with van der Waals surface area (Å²) in [6.45, 7) is 2.55. The van der Waals surface area contributed by atoms with Gasteiger partial charge in [-0.2, -0.15) is 0 Å². The molecular weight excluding hydrogens is 400 g/mol. The number of rotatable bonds is 7. The fourth-order valence-electron chi connectivity index (χ4n) is 2.99. The number of nitrogens with one attached hydrogen (secondary N) is 1. The molecule has 2 aromatic rings. The minimum atomic E-state index is -3.93. The van der Waals surface area contributed by atoms with E-state index in [0.29, 0.717) is 23.9 Å². The van der Waals surface area contributed by atoms with E-state index in [1.807, 2.05) is 6.92 Å². The molecule has 2 aromatic carbocycles. The highest BCUT2D eigenvalue weighted by atomic mass is 35.5. The normalized spacial score (nSPS) is 16.7. The van der Waals surface area contributed by atoms with Gasteiger partial charge in [-0.1, -0.05) is 35.9 Å². The van der Waals surface area contributed by atoms with Gasteiger partial charge < -0.3 is 10.1 Å². The van der Waals surface area contributed by atoms with Gasteiger partial charge in [0, 0.05) is 18.2 Å². The number of ether oxygens (including phenoxy) is 1. The number of sulfonamides is 1. The Balaban J connectivity index is 1.85. The summed E-state index contributed by atoms with van der Waals surface area (Å²) in [6.07, 6.45) is 1.84. The van der Waals surface area contributed by atoms with Gasteiger partial charge in [-0.15, -0.1) is 0 Å². The van der Waals surface area contributed by atoms with Crippen LogP contribution in [0.25, 0.3) is 0 Å². The van der Waals surface area contributed by atoms with E-state index >= 15 is 0 Å². The van der Waals surface area contributed by atoms with Crippen LogP contribution >= 0.6 is 11.6 Å². The molecule has 1 N–H and O–H groups in total. The first kappa shape index (κ1) is 20.6. The maximum atomic E-state index is 13.2. The molecule has 6 nitrogen and oxygen atoms in total. The molecule has 0 aromatic heterocycles. The Kier molecular flexibility index (Phi) is 6.59. The molecule has 0 spiro atoms. The molecule has 0 bridgehead atoms. The van der Waals surface area contributed by atoms with Crippen molar-refractivity contribution in [3.05, 3.63) is 59.1 Å². The van der Waals surface area contributed by atoms with Crippen molar-refractivity contribution in [1.82, 2.24) is 5.32 Å². The lowest BCUT2D eigenvalue weighted by molar-refractivity contribution is -0.120. The monoisotopic (exact) mass is 422 g/mol. The zero-order chi connectivity index (χ0) is 20.1. The highest BCUT2D eigenvalue weighted by Crippen LogP contribution is 2.27. The fraction of sp³-hybridized carbons (Fsp3) is 0.350. The Morgan fingerprint density at radius 3 is 2.64 bits per heavy atom. The second kappa shape index (κ2) is 8.94. The third-order valence-electron chi connectivity index (χ3n) is 4.61. The number of anilines is 1. The van der Waals surface area contributed by atoms with Gasteiger partial charge in [-0.3, -0.25) is 9.10 Å². The van der Waals surface area contributed by atoms with Crippen LogP contribution in [0.2, 0.25) is 5.02 Å². The Morgan fingerprint density at radius 1 is 1.25 bits per heavy atom. The first-order chi connectivity index (χ1) is 13.4. The predicted molar refractivity (Wildman–Crippen MR) is 109 cm³/mol. The molecule has 1 atom stereocenters. The van der Waals surface area contributed by atoms with Gasteiger partial charge >= 0.3 is 0 Å². The molecular formula is C20H23ClN2O4S. The first-order valence-electron chi connectivity index (χ1n) is 9.10. The molecule has 0 unspecified atom stereocenters. The van der Waals surface area contributed by atoms with Gasteiger partial charge in [0.15, 0.2) is 0 Å². The van der Waals surface area contributed by atoms with Crippen LogP contribution in [-0.2, 0) is 19.6 Å². The summed E-state index contributed by atoms with van der Waals surface area (Å²) in [6, 6.07) is 13.0. The van der Waals surface area contributed by atoms with E-state index in [0.717, 1.165) is 22.7 Å². The Bertz CT molecular complexity index is 928. The summed E-state index contributed by atoms with van der Waals surface area (Å²) in [5.74, 6) is -0.397. The van der Waals surface area contributed by atoms with E-state index in [2.05, 4.69) is 5.32 Å². The van der Waals surface area contributed by atoms with Crippen molar-refractivity contribution in [1.29, 1.82) is 0 Å². The van der Waals surface area contributed by atoms with Gasteiger partial charge in [0.05, 0.1) is 16.7 Å². The van der Waals surface area contributed by atoms with Gasteiger partial charge in [-0.05, 0) is 49.6 Å². The molecule has 8 heteroatoms. The van der Waals surface area contributed by atoms with Crippen molar-refractivity contribution in [3.8, 4) is 0 Å². The Morgan fingerprint density at radius 2 is 2.00 bits per heavy atom. The minimum absolute atomic E-state index is 0.0167. The zero-order valence-corrected chi connectivity index (χ0v) is 17.2. The van der Waals surface area contributed by atoms with Crippen LogP contribution in [-0.4, -0.2) is 40.1 Å². The number of carbonyl (C=O) groups is 1. The number of halogens is 1. The van der Waals surface area contributed by atoms with E-state index in [4.69, 9.17) is 16.3 Å². The lowest BCUT2D eigenvalue weighted by Gasteiger charge is -2.25. The third-order valence-corrected chi connectivity index (χ3v) is 6.81. The largest absolute Gasteiger partial charge is 0.376 e. The van der Waals surface area contributed by atoms with E-state index in [9.17, 15) is 13.2 Å². The molecule has 1 aliphatic heterocycles. The van der Waals surface area contributed by atoms with Crippen LogP contribution < -0.4 is 9.62 Å². The lowest BCUT2D eigenvalue weighted by Crippen LogP contribution is -2.42. The van der Waals surface area contributed by atoms with Crippen LogP contribution in [0.5, 0.6) is 0 Å². The van der Waals surface area contributed by atoms with Gasteiger partial charge in [-0.25, -0.2) is 8.42 Å². The second-order valence-electron chi connectivity index (χ2n) is 6.70. The summed E-state index contributed by atoms with van der Waals surface area (Å²) >= 11 is 6.20. The first-order valence-corrected chi connectivity index (χ1v) is 10.9. The van der Waals surface area contributed by atoms with Crippen LogP contribution in [0.1, 0.15) is 18.4 Å². The third kappa shape index (κ3) is 4.84. The van der Waals surface area contributed by atoms with Crippen molar-refractivity contribution in [2.24, 2.45) is 0 Å². The van der Waals surface area contributed by atoms with Gasteiger partial charge in [0.25, 0.3) is 10.0 Å². The van der Waals surface area contributed by atoms with Crippen LogP contribution in [0.15, 0.2) is 53.4 Å². The molecule has 150 valence electrons. The average molecular weight is 423 g/mol. The Labute approximate surface area is 170 Å². The molecule has 3 rings (SSSR count). The maximum absolute atomic E-state index is 13.2. The highest BCUT2D eigenvalue weighted by Gasteiger charge is 2.28. The SMILES string of the molecule is Cc1ccc(N(CC(=O)NC[C@@H]2CCCO2)S(=O)(=O)c2ccccc2)cc1Cl. The smallest absolute Gasteiger partial charge is 0.264 e. The fourth-order valence-corrected chi connectivity index (χ4v) is 4.60. The standard InChI is InChI=1S/C20H23ClN2O4S/c1-15-9-10-16(12-19(15)21)23(28(25,26)18-7-3-2-4-8-18)14-20(24)22-13-17-6-5-11-27-17/h2-4,7-10,12,17H,5-6,11,13-14H2,1H3,(H,22,24)/t17-/m0/s1. The number of benzene rings is 2. The molecule has 1 fully saturated rings. The summed E-state index contributed by atoms with van der Waals surface area (Å²) in [5, 5.41) is 3.21. The van der Waals surface area contributed by atoms with Gasteiger partial charge in [0.1, 0.15) is 6.54 Å². The second-order valence-corrected chi connectivity index (χ2v) is 8.97. The molecule has 1 saturated heterocycles. The van der Waals surface area contributed by atoms with Crippen molar-refractivity contribution >= 4 is 33.2 Å². The maximum Gasteiger partial charge on any atom is 0.264 e. The van der Waals surface area contributed by atoms with Crippen LogP contribution in [0.4, 0.5) is 5.69 Å². The van der Waals surface area contributed by atoms with E-state index in [1.54, 1.807) is 36.4 Å². The summed E-state index contributed by atoms with van der Waals surface area (Å²) < 4.78 is 33.0. The summed E-state index contributed by atoms with van der Waals surface area (Å²) in [7, 11) is -3.93. The van der Waals surface area contributed by atoms with E-state index in [1.165, 1.54) is 12.1 Å². The van der Waals surface area contributed by atoms with Crippen LogP contribution in [0.3, 0.4) is 0 Å². The zero-order valence-electron chi connectivity index (χ0n) is 15.6. The Hall–Kier alpha value is -2.09. The van der Waals surface area contributed by atoms with Crippen molar-refractivity contribution < 1.29 is 17.9 Å². The number of hydrogen-bond donors (Lipinski definition) is 1. The van der Waals surface area contributed by atoms with E-state index < -0.39 is 15.9 Å². The molecule has 0 saturated carbocycles.